The van der Waals surface area contributed by atoms with Crippen LogP contribution < -0.4 is 4.74 Å². The van der Waals surface area contributed by atoms with Crippen LogP contribution in [-0.2, 0) is 6.61 Å². The molecule has 0 atom stereocenters. The van der Waals surface area contributed by atoms with Crippen molar-refractivity contribution in [2.75, 3.05) is 32.7 Å². The highest BCUT2D eigenvalue weighted by molar-refractivity contribution is 7.09. The second kappa shape index (κ2) is 8.55. The highest BCUT2D eigenvalue weighted by atomic mass is 32.1. The molecule has 0 radical (unpaired) electrons. The van der Waals surface area contributed by atoms with Crippen molar-refractivity contribution in [1.82, 2.24) is 14.8 Å². The van der Waals surface area contributed by atoms with Gasteiger partial charge >= 0.3 is 0 Å². The molecule has 1 saturated heterocycles. The van der Waals surface area contributed by atoms with Gasteiger partial charge in [-0.3, -0.25) is 9.69 Å². The van der Waals surface area contributed by atoms with Gasteiger partial charge in [-0.2, -0.15) is 0 Å². The van der Waals surface area contributed by atoms with E-state index in [1.807, 2.05) is 12.3 Å². The van der Waals surface area contributed by atoms with E-state index in [0.29, 0.717) is 44.1 Å². The summed E-state index contributed by atoms with van der Waals surface area (Å²) in [6, 6.07) is 6.99. The van der Waals surface area contributed by atoms with Gasteiger partial charge in [-0.1, -0.05) is 0 Å². The molecular weight excluding hydrogens is 360 g/mol. The quantitative estimate of drug-likeness (QED) is 0.772. The van der Waals surface area contributed by atoms with Gasteiger partial charge < -0.3 is 9.64 Å². The number of piperazine rings is 1. The van der Waals surface area contributed by atoms with Gasteiger partial charge in [-0.25, -0.2) is 13.8 Å². The Labute approximate surface area is 155 Å². The van der Waals surface area contributed by atoms with Gasteiger partial charge in [0.05, 0.1) is 17.2 Å². The number of benzene rings is 1. The van der Waals surface area contributed by atoms with Crippen LogP contribution in [0.15, 0.2) is 29.6 Å². The first kappa shape index (κ1) is 18.7. The number of nitrogens with zero attached hydrogens (tertiary/aromatic N) is 3. The van der Waals surface area contributed by atoms with Gasteiger partial charge in [0.15, 0.2) is 0 Å². The van der Waals surface area contributed by atoms with Crippen LogP contribution in [0.3, 0.4) is 0 Å². The second-order valence-electron chi connectivity index (χ2n) is 6.15. The topological polar surface area (TPSA) is 45.7 Å². The molecule has 1 aromatic carbocycles. The van der Waals surface area contributed by atoms with Crippen LogP contribution in [0, 0.1) is 6.92 Å². The lowest BCUT2D eigenvalue weighted by molar-refractivity contribution is 0.0459. The number of hydrogen-bond donors (Lipinski definition) is 0. The Kier molecular flexibility index (Phi) is 6.16. The Morgan fingerprint density at radius 3 is 2.50 bits per heavy atom. The Hall–Kier alpha value is -2.06. The van der Waals surface area contributed by atoms with Crippen LogP contribution in [0.5, 0.6) is 5.75 Å². The van der Waals surface area contributed by atoms with Gasteiger partial charge in [0.1, 0.15) is 12.4 Å². The summed E-state index contributed by atoms with van der Waals surface area (Å²) >= 11 is 1.58. The number of carbonyl (C=O) groups excluding carboxylic acids is 1. The largest absolute Gasteiger partial charge is 0.487 e. The second-order valence-corrected chi connectivity index (χ2v) is 7.22. The van der Waals surface area contributed by atoms with Gasteiger partial charge in [-0.05, 0) is 31.2 Å². The van der Waals surface area contributed by atoms with E-state index < -0.39 is 6.43 Å². The molecule has 0 aliphatic carbocycles. The van der Waals surface area contributed by atoms with Crippen LogP contribution in [0.1, 0.15) is 21.1 Å². The molecule has 26 heavy (non-hydrogen) atoms. The fourth-order valence-corrected chi connectivity index (χ4v) is 3.43. The maximum absolute atomic E-state index is 12.5. The molecule has 1 aliphatic rings. The normalized spacial score (nSPS) is 15.5. The Morgan fingerprint density at radius 2 is 1.92 bits per heavy atom. The van der Waals surface area contributed by atoms with Crippen LogP contribution in [0.25, 0.3) is 0 Å². The first-order valence-corrected chi connectivity index (χ1v) is 9.33. The third-order valence-corrected chi connectivity index (χ3v) is 5.03. The van der Waals surface area contributed by atoms with E-state index in [4.69, 9.17) is 4.74 Å². The summed E-state index contributed by atoms with van der Waals surface area (Å²) in [4.78, 5) is 20.3. The molecule has 0 N–H and O–H groups in total. The van der Waals surface area contributed by atoms with E-state index >= 15 is 0 Å². The number of carbonyl (C=O) groups is 1. The lowest BCUT2D eigenvalue weighted by atomic mass is 10.1. The predicted octanol–water partition coefficient (Wildman–Crippen LogP) is 3.05. The zero-order chi connectivity index (χ0) is 18.5. The third kappa shape index (κ3) is 4.98. The molecule has 1 aliphatic heterocycles. The van der Waals surface area contributed by atoms with Crippen molar-refractivity contribution in [1.29, 1.82) is 0 Å². The van der Waals surface area contributed by atoms with Crippen molar-refractivity contribution in [2.45, 2.75) is 20.0 Å². The fraction of sp³-hybridized carbons (Fsp3) is 0.444. The smallest absolute Gasteiger partial charge is 0.253 e. The molecule has 2 heterocycles. The summed E-state index contributed by atoms with van der Waals surface area (Å²) in [6.07, 6.45) is -2.34. The molecule has 0 spiro atoms. The van der Waals surface area contributed by atoms with Gasteiger partial charge in [0.2, 0.25) is 0 Å². The van der Waals surface area contributed by atoms with Crippen LogP contribution in [-0.4, -0.2) is 59.8 Å². The number of aryl methyl sites for hydroxylation is 1. The number of alkyl halides is 2. The highest BCUT2D eigenvalue weighted by Crippen LogP contribution is 2.17. The number of thiazole rings is 1. The number of hydrogen-bond acceptors (Lipinski definition) is 5. The summed E-state index contributed by atoms with van der Waals surface area (Å²) < 4.78 is 30.5. The van der Waals surface area contributed by atoms with Crippen molar-refractivity contribution in [3.05, 3.63) is 45.9 Å². The summed E-state index contributed by atoms with van der Waals surface area (Å²) in [5.41, 5.74) is 1.46. The SMILES string of the molecule is Cc1nc(COc2ccc(C(=O)N3CCN(CC(F)F)CC3)cc2)cs1. The van der Waals surface area contributed by atoms with Crippen LogP contribution in [0.4, 0.5) is 8.78 Å². The molecular formula is C18H21F2N3O2S. The van der Waals surface area contributed by atoms with Crippen molar-refractivity contribution in [2.24, 2.45) is 0 Å². The first-order chi connectivity index (χ1) is 12.5. The molecule has 2 aromatic rings. The van der Waals surface area contributed by atoms with Gasteiger partial charge in [-0.15, -0.1) is 11.3 Å². The minimum atomic E-state index is -2.34. The number of ether oxygens (including phenoxy) is 1. The number of halogens is 2. The Bertz CT molecular complexity index is 728. The summed E-state index contributed by atoms with van der Waals surface area (Å²) in [7, 11) is 0. The van der Waals surface area contributed by atoms with Crippen molar-refractivity contribution in [3.8, 4) is 5.75 Å². The lowest BCUT2D eigenvalue weighted by Crippen LogP contribution is -2.49. The molecule has 0 saturated carbocycles. The van der Waals surface area contributed by atoms with Gasteiger partial charge in [0, 0.05) is 37.1 Å². The monoisotopic (exact) mass is 381 g/mol. The van der Waals surface area contributed by atoms with E-state index in [1.54, 1.807) is 45.4 Å². The third-order valence-electron chi connectivity index (χ3n) is 4.21. The van der Waals surface area contributed by atoms with Crippen molar-refractivity contribution >= 4 is 17.2 Å². The minimum absolute atomic E-state index is 0.0802. The van der Waals surface area contributed by atoms with E-state index in [2.05, 4.69) is 4.98 Å². The van der Waals surface area contributed by atoms with E-state index in [9.17, 15) is 13.6 Å². The molecule has 8 heteroatoms. The fourth-order valence-electron chi connectivity index (χ4n) is 2.84. The summed E-state index contributed by atoms with van der Waals surface area (Å²) in [6.45, 7) is 3.99. The molecule has 1 amide bonds. The number of aromatic nitrogens is 1. The van der Waals surface area contributed by atoms with E-state index in [1.165, 1.54) is 0 Å². The average molecular weight is 381 g/mol. The van der Waals surface area contributed by atoms with Gasteiger partial charge in [0.25, 0.3) is 12.3 Å². The number of amides is 1. The average Bonchev–Trinajstić information content (AvgIpc) is 3.05. The van der Waals surface area contributed by atoms with E-state index in [0.717, 1.165) is 10.7 Å². The molecule has 3 rings (SSSR count). The maximum Gasteiger partial charge on any atom is 0.253 e. The zero-order valence-electron chi connectivity index (χ0n) is 14.5. The Morgan fingerprint density at radius 1 is 1.23 bits per heavy atom. The maximum atomic E-state index is 12.5. The molecule has 5 nitrogen and oxygen atoms in total. The summed E-state index contributed by atoms with van der Waals surface area (Å²) in [5, 5.41) is 2.96. The molecule has 1 aromatic heterocycles. The summed E-state index contributed by atoms with van der Waals surface area (Å²) in [5.74, 6) is 0.595. The zero-order valence-corrected chi connectivity index (χ0v) is 15.3. The molecule has 1 fully saturated rings. The molecule has 0 unspecified atom stereocenters. The first-order valence-electron chi connectivity index (χ1n) is 8.45. The van der Waals surface area contributed by atoms with Crippen LogP contribution >= 0.6 is 11.3 Å². The van der Waals surface area contributed by atoms with Crippen LogP contribution in [0.2, 0.25) is 0 Å². The van der Waals surface area contributed by atoms with E-state index in [-0.39, 0.29) is 12.5 Å². The molecule has 0 bridgehead atoms. The highest BCUT2D eigenvalue weighted by Gasteiger charge is 2.23. The number of rotatable bonds is 6. The van der Waals surface area contributed by atoms with Crippen molar-refractivity contribution in [3.63, 3.8) is 0 Å². The lowest BCUT2D eigenvalue weighted by Gasteiger charge is -2.34. The molecule has 140 valence electrons. The minimum Gasteiger partial charge on any atom is -0.487 e. The Balaban J connectivity index is 1.51. The van der Waals surface area contributed by atoms with Crippen molar-refractivity contribution < 1.29 is 18.3 Å². The predicted molar refractivity (Wildman–Crippen MR) is 96.0 cm³/mol. The standard InChI is InChI=1S/C18H21F2N3O2S/c1-13-21-15(12-26-13)11-25-16-4-2-14(3-5-16)18(24)23-8-6-22(7-9-23)10-17(19)20/h2-5,12,17H,6-11H2,1H3.